The van der Waals surface area contributed by atoms with E-state index in [1.165, 1.54) is 0 Å². The first-order chi connectivity index (χ1) is 10.1. The van der Waals surface area contributed by atoms with Crippen molar-refractivity contribution in [3.8, 4) is 6.07 Å². The van der Waals surface area contributed by atoms with Crippen molar-refractivity contribution in [2.24, 2.45) is 5.92 Å². The first-order valence-electron chi connectivity index (χ1n) is 6.89. The number of amides is 2. The molecular weight excluding hydrogens is 270 g/mol. The average molecular weight is 287 g/mol. The molecule has 6 nitrogen and oxygen atoms in total. The second-order valence-corrected chi connectivity index (χ2v) is 5.14. The second-order valence-electron chi connectivity index (χ2n) is 5.14. The lowest BCUT2D eigenvalue weighted by Gasteiger charge is -2.26. The molecule has 110 valence electrons. The summed E-state index contributed by atoms with van der Waals surface area (Å²) in [5.74, 6) is -1.06. The summed E-state index contributed by atoms with van der Waals surface area (Å²) in [5, 5.41) is 23.4. The molecule has 0 spiro atoms. The largest absolute Gasteiger partial charge is 0.481 e. The summed E-state index contributed by atoms with van der Waals surface area (Å²) in [4.78, 5) is 22.8. The highest BCUT2D eigenvalue weighted by atomic mass is 16.4. The van der Waals surface area contributed by atoms with Crippen LogP contribution >= 0.6 is 0 Å². The maximum absolute atomic E-state index is 11.9. The Bertz CT molecular complexity index is 572. The number of carbonyl (C=O) groups excluding carboxylic acids is 1. The van der Waals surface area contributed by atoms with E-state index in [1.54, 1.807) is 24.3 Å². The number of nitrogens with one attached hydrogen (secondary N) is 2. The molecule has 0 atom stereocenters. The summed E-state index contributed by atoms with van der Waals surface area (Å²) < 4.78 is 0. The van der Waals surface area contributed by atoms with Gasteiger partial charge in [-0.05, 0) is 37.8 Å². The zero-order valence-corrected chi connectivity index (χ0v) is 11.5. The zero-order valence-electron chi connectivity index (χ0n) is 11.5. The normalized spacial score (nSPS) is 21.1. The van der Waals surface area contributed by atoms with Gasteiger partial charge in [0.05, 0.1) is 17.2 Å². The lowest BCUT2D eigenvalue weighted by Crippen LogP contribution is -2.41. The van der Waals surface area contributed by atoms with Crippen LogP contribution in [0, 0.1) is 17.2 Å². The maximum Gasteiger partial charge on any atom is 0.319 e. The number of anilines is 1. The number of carboxylic acid groups (broad SMARTS) is 1. The Kier molecular flexibility index (Phi) is 4.77. The van der Waals surface area contributed by atoms with Crippen LogP contribution in [0.3, 0.4) is 0 Å². The van der Waals surface area contributed by atoms with Crippen LogP contribution in [-0.4, -0.2) is 23.1 Å². The highest BCUT2D eigenvalue weighted by Crippen LogP contribution is 2.24. The number of hydrogen-bond acceptors (Lipinski definition) is 3. The third-order valence-corrected chi connectivity index (χ3v) is 3.71. The quantitative estimate of drug-likeness (QED) is 0.793. The van der Waals surface area contributed by atoms with Gasteiger partial charge in [-0.1, -0.05) is 12.1 Å². The summed E-state index contributed by atoms with van der Waals surface area (Å²) in [6.07, 6.45) is 2.47. The van der Waals surface area contributed by atoms with Gasteiger partial charge in [0, 0.05) is 6.04 Å². The Hall–Kier alpha value is -2.55. The summed E-state index contributed by atoms with van der Waals surface area (Å²) in [5.41, 5.74) is 0.874. The van der Waals surface area contributed by atoms with E-state index in [0.717, 1.165) is 0 Å². The fraction of sp³-hybridized carbons (Fsp3) is 0.400. The molecular formula is C15H17N3O3. The van der Waals surface area contributed by atoms with E-state index in [4.69, 9.17) is 10.4 Å². The number of rotatable bonds is 3. The van der Waals surface area contributed by atoms with Gasteiger partial charge in [0.15, 0.2) is 0 Å². The maximum atomic E-state index is 11.9. The van der Waals surface area contributed by atoms with Crippen LogP contribution in [0.2, 0.25) is 0 Å². The first kappa shape index (κ1) is 14.9. The molecule has 1 aliphatic carbocycles. The number of urea groups is 1. The number of carboxylic acids is 1. The van der Waals surface area contributed by atoms with Crippen LogP contribution in [0.4, 0.5) is 10.5 Å². The fourth-order valence-electron chi connectivity index (χ4n) is 2.52. The topological polar surface area (TPSA) is 102 Å². The molecule has 2 rings (SSSR count). The molecule has 1 saturated carbocycles. The highest BCUT2D eigenvalue weighted by Gasteiger charge is 2.26. The van der Waals surface area contributed by atoms with Crippen molar-refractivity contribution in [3.05, 3.63) is 29.8 Å². The van der Waals surface area contributed by atoms with Gasteiger partial charge in [0.2, 0.25) is 0 Å². The number of hydrogen-bond donors (Lipinski definition) is 3. The minimum atomic E-state index is -0.763. The van der Waals surface area contributed by atoms with E-state index in [0.29, 0.717) is 36.9 Å². The van der Waals surface area contributed by atoms with Crippen molar-refractivity contribution in [2.45, 2.75) is 31.7 Å². The summed E-state index contributed by atoms with van der Waals surface area (Å²) >= 11 is 0. The molecule has 1 aromatic carbocycles. The minimum Gasteiger partial charge on any atom is -0.481 e. The van der Waals surface area contributed by atoms with Crippen LogP contribution in [0.5, 0.6) is 0 Å². The summed E-state index contributed by atoms with van der Waals surface area (Å²) in [6, 6.07) is 8.41. The van der Waals surface area contributed by atoms with Crippen molar-refractivity contribution in [1.82, 2.24) is 5.32 Å². The molecule has 0 aliphatic heterocycles. The predicted molar refractivity (Wildman–Crippen MR) is 76.7 cm³/mol. The monoisotopic (exact) mass is 287 g/mol. The Labute approximate surface area is 122 Å². The lowest BCUT2D eigenvalue weighted by atomic mass is 9.86. The standard InChI is InChI=1S/C15H17N3O3/c16-9-11-3-1-2-4-13(11)18-15(21)17-12-7-5-10(6-8-12)14(19)20/h1-4,10,12H,5-8H2,(H,19,20)(H2,17,18,21). The molecule has 0 unspecified atom stereocenters. The molecule has 2 amide bonds. The average Bonchev–Trinajstić information content (AvgIpc) is 2.48. The number of aliphatic carboxylic acids is 1. The fourth-order valence-corrected chi connectivity index (χ4v) is 2.52. The highest BCUT2D eigenvalue weighted by molar-refractivity contribution is 5.90. The Morgan fingerprint density at radius 2 is 1.86 bits per heavy atom. The molecule has 1 aromatic rings. The van der Waals surface area contributed by atoms with Crippen molar-refractivity contribution in [1.29, 1.82) is 5.26 Å². The van der Waals surface area contributed by atoms with Crippen LogP contribution in [0.1, 0.15) is 31.2 Å². The molecule has 0 radical (unpaired) electrons. The van der Waals surface area contributed by atoms with E-state index in [1.807, 2.05) is 6.07 Å². The Balaban J connectivity index is 1.86. The van der Waals surface area contributed by atoms with Gasteiger partial charge in [0.1, 0.15) is 6.07 Å². The first-order valence-corrected chi connectivity index (χ1v) is 6.89. The summed E-state index contributed by atoms with van der Waals surface area (Å²) in [6.45, 7) is 0. The molecule has 0 aromatic heterocycles. The number of nitriles is 1. The SMILES string of the molecule is N#Cc1ccccc1NC(=O)NC1CCC(C(=O)O)CC1. The van der Waals surface area contributed by atoms with Gasteiger partial charge in [0.25, 0.3) is 0 Å². The van der Waals surface area contributed by atoms with Crippen LogP contribution in [-0.2, 0) is 4.79 Å². The van der Waals surface area contributed by atoms with E-state index >= 15 is 0 Å². The van der Waals surface area contributed by atoms with Crippen molar-refractivity contribution < 1.29 is 14.7 Å². The molecule has 6 heteroatoms. The molecule has 0 heterocycles. The van der Waals surface area contributed by atoms with Gasteiger partial charge < -0.3 is 15.7 Å². The van der Waals surface area contributed by atoms with Crippen molar-refractivity contribution in [3.63, 3.8) is 0 Å². The van der Waals surface area contributed by atoms with Gasteiger partial charge >= 0.3 is 12.0 Å². The van der Waals surface area contributed by atoms with Gasteiger partial charge in [-0.3, -0.25) is 4.79 Å². The number of carbonyl (C=O) groups is 2. The van der Waals surface area contributed by atoms with Crippen LogP contribution in [0.15, 0.2) is 24.3 Å². The van der Waals surface area contributed by atoms with E-state index < -0.39 is 5.97 Å². The number of benzene rings is 1. The minimum absolute atomic E-state index is 0.0187. The molecule has 1 fully saturated rings. The third-order valence-electron chi connectivity index (χ3n) is 3.71. The van der Waals surface area contributed by atoms with Gasteiger partial charge in [-0.25, -0.2) is 4.79 Å². The van der Waals surface area contributed by atoms with Crippen molar-refractivity contribution >= 4 is 17.7 Å². The molecule has 1 aliphatic rings. The molecule has 21 heavy (non-hydrogen) atoms. The Morgan fingerprint density at radius 3 is 2.48 bits per heavy atom. The van der Waals surface area contributed by atoms with E-state index in [9.17, 15) is 9.59 Å². The lowest BCUT2D eigenvalue weighted by molar-refractivity contribution is -0.142. The van der Waals surface area contributed by atoms with E-state index in [2.05, 4.69) is 10.6 Å². The Morgan fingerprint density at radius 1 is 1.19 bits per heavy atom. The van der Waals surface area contributed by atoms with E-state index in [-0.39, 0.29) is 18.0 Å². The van der Waals surface area contributed by atoms with Gasteiger partial charge in [-0.2, -0.15) is 5.26 Å². The third kappa shape index (κ3) is 3.96. The summed E-state index contributed by atoms with van der Waals surface area (Å²) in [7, 11) is 0. The predicted octanol–water partition coefficient (Wildman–Crippen LogP) is 2.32. The molecule has 0 saturated heterocycles. The molecule has 0 bridgehead atoms. The zero-order chi connectivity index (χ0) is 15.2. The van der Waals surface area contributed by atoms with Gasteiger partial charge in [-0.15, -0.1) is 0 Å². The molecule has 3 N–H and O–H groups in total. The number of nitrogens with zero attached hydrogens (tertiary/aromatic N) is 1. The van der Waals surface area contributed by atoms with Crippen LogP contribution in [0.25, 0.3) is 0 Å². The number of para-hydroxylation sites is 1. The van der Waals surface area contributed by atoms with Crippen molar-refractivity contribution in [2.75, 3.05) is 5.32 Å². The van der Waals surface area contributed by atoms with Crippen LogP contribution < -0.4 is 10.6 Å². The smallest absolute Gasteiger partial charge is 0.319 e. The second kappa shape index (κ2) is 6.75.